The highest BCUT2D eigenvalue weighted by molar-refractivity contribution is 7.80. The van der Waals surface area contributed by atoms with Crippen LogP contribution in [0.1, 0.15) is 4.88 Å². The average Bonchev–Trinajstić information content (AvgIpc) is 3.11. The van der Waals surface area contributed by atoms with Crippen LogP contribution in [0.3, 0.4) is 0 Å². The lowest BCUT2D eigenvalue weighted by Crippen LogP contribution is -2.49. The van der Waals surface area contributed by atoms with Gasteiger partial charge in [0.2, 0.25) is 5.91 Å². The summed E-state index contributed by atoms with van der Waals surface area (Å²) < 4.78 is 5.26. The van der Waals surface area contributed by atoms with Gasteiger partial charge in [-0.05, 0) is 47.9 Å². The number of carbonyl (C=O) groups is 2. The van der Waals surface area contributed by atoms with Crippen molar-refractivity contribution in [3.05, 3.63) is 56.7 Å². The van der Waals surface area contributed by atoms with Gasteiger partial charge in [0.15, 0.2) is 11.7 Å². The van der Waals surface area contributed by atoms with Gasteiger partial charge in [-0.2, -0.15) is 0 Å². The van der Waals surface area contributed by atoms with Gasteiger partial charge >= 0.3 is 0 Å². The fourth-order valence-corrected chi connectivity index (χ4v) is 2.86. The van der Waals surface area contributed by atoms with Crippen LogP contribution >= 0.6 is 46.8 Å². The molecule has 10 heteroatoms. The van der Waals surface area contributed by atoms with Gasteiger partial charge in [-0.3, -0.25) is 25.8 Å². The molecule has 0 aliphatic carbocycles. The van der Waals surface area contributed by atoms with E-state index in [1.165, 1.54) is 23.5 Å². The van der Waals surface area contributed by atoms with E-state index in [0.717, 1.165) is 4.88 Å². The molecule has 2 amide bonds. The van der Waals surface area contributed by atoms with E-state index in [0.29, 0.717) is 15.8 Å². The largest absolute Gasteiger partial charge is 0.482 e. The fourth-order valence-electron chi connectivity index (χ4n) is 1.63. The summed E-state index contributed by atoms with van der Waals surface area (Å²) in [4.78, 5) is 24.3. The Morgan fingerprint density at radius 1 is 1.23 bits per heavy atom. The zero-order valence-electron chi connectivity index (χ0n) is 13.1. The minimum Gasteiger partial charge on any atom is -0.482 e. The van der Waals surface area contributed by atoms with Crippen LogP contribution in [0.25, 0.3) is 6.08 Å². The molecule has 1 aromatic heterocycles. The summed E-state index contributed by atoms with van der Waals surface area (Å²) in [6.07, 6.45) is 3.00. The number of thiocarbonyl (C=S) groups is 1. The third-order valence-corrected chi connectivity index (χ3v) is 4.32. The van der Waals surface area contributed by atoms with Gasteiger partial charge in [-0.15, -0.1) is 11.3 Å². The van der Waals surface area contributed by atoms with Crippen LogP contribution in [-0.4, -0.2) is 23.5 Å². The second kappa shape index (κ2) is 10.1. The van der Waals surface area contributed by atoms with Gasteiger partial charge in [-0.25, -0.2) is 0 Å². The predicted molar refractivity (Wildman–Crippen MR) is 107 cm³/mol. The van der Waals surface area contributed by atoms with Gasteiger partial charge in [-0.1, -0.05) is 29.3 Å². The van der Waals surface area contributed by atoms with E-state index in [2.05, 4.69) is 16.2 Å². The van der Waals surface area contributed by atoms with Gasteiger partial charge in [0.05, 0.1) is 5.02 Å². The highest BCUT2D eigenvalue weighted by Crippen LogP contribution is 2.27. The molecule has 0 atom stereocenters. The number of ether oxygens (including phenoxy) is 1. The Labute approximate surface area is 169 Å². The molecule has 0 fully saturated rings. The van der Waals surface area contributed by atoms with Crippen molar-refractivity contribution in [2.75, 3.05) is 6.61 Å². The Hall–Kier alpha value is -2.13. The van der Waals surface area contributed by atoms with Crippen LogP contribution in [0.5, 0.6) is 5.75 Å². The summed E-state index contributed by atoms with van der Waals surface area (Å²) in [5.74, 6) is -0.614. The molecule has 0 unspecified atom stereocenters. The van der Waals surface area contributed by atoms with Crippen molar-refractivity contribution in [3.8, 4) is 5.75 Å². The molecule has 2 rings (SSSR count). The number of hydrazine groups is 1. The third kappa shape index (κ3) is 7.01. The molecule has 0 saturated carbocycles. The zero-order valence-corrected chi connectivity index (χ0v) is 16.3. The van der Waals surface area contributed by atoms with Gasteiger partial charge in [0, 0.05) is 16.0 Å². The van der Waals surface area contributed by atoms with Crippen molar-refractivity contribution in [2.45, 2.75) is 0 Å². The topological polar surface area (TPSA) is 79.5 Å². The molecule has 6 nitrogen and oxygen atoms in total. The van der Waals surface area contributed by atoms with Crippen molar-refractivity contribution in [1.82, 2.24) is 16.2 Å². The Kier molecular flexibility index (Phi) is 7.86. The number of benzene rings is 1. The number of halogens is 2. The fraction of sp³-hybridized carbons (Fsp3) is 0.0625. The molecule has 0 spiro atoms. The number of rotatable bonds is 5. The normalized spacial score (nSPS) is 10.4. The summed E-state index contributed by atoms with van der Waals surface area (Å²) in [5, 5.41) is 5.00. The molecule has 136 valence electrons. The van der Waals surface area contributed by atoms with Gasteiger partial charge in [0.1, 0.15) is 5.75 Å². The number of carbonyl (C=O) groups excluding carboxylic acids is 2. The van der Waals surface area contributed by atoms with Crippen LogP contribution in [0.4, 0.5) is 0 Å². The molecule has 0 saturated heterocycles. The lowest BCUT2D eigenvalue weighted by Gasteiger charge is -2.11. The van der Waals surface area contributed by atoms with E-state index in [1.807, 2.05) is 17.5 Å². The maximum Gasteiger partial charge on any atom is 0.276 e. The van der Waals surface area contributed by atoms with Crippen molar-refractivity contribution in [2.24, 2.45) is 0 Å². The lowest BCUT2D eigenvalue weighted by atomic mass is 10.3. The van der Waals surface area contributed by atoms with E-state index >= 15 is 0 Å². The van der Waals surface area contributed by atoms with E-state index in [4.69, 9.17) is 40.2 Å². The molecular formula is C16H13Cl2N3O3S2. The highest BCUT2D eigenvalue weighted by atomic mass is 35.5. The van der Waals surface area contributed by atoms with Crippen LogP contribution in [0.2, 0.25) is 10.0 Å². The maximum absolute atomic E-state index is 11.7. The molecule has 3 N–H and O–H groups in total. The van der Waals surface area contributed by atoms with Gasteiger partial charge < -0.3 is 4.74 Å². The first-order valence-electron chi connectivity index (χ1n) is 7.13. The molecule has 2 aromatic rings. The summed E-state index contributed by atoms with van der Waals surface area (Å²) in [6, 6.07) is 8.40. The Morgan fingerprint density at radius 2 is 2.04 bits per heavy atom. The monoisotopic (exact) mass is 429 g/mol. The van der Waals surface area contributed by atoms with Crippen molar-refractivity contribution in [1.29, 1.82) is 0 Å². The first-order valence-corrected chi connectivity index (χ1v) is 9.17. The summed E-state index contributed by atoms with van der Waals surface area (Å²) >= 11 is 18.1. The molecule has 0 bridgehead atoms. The predicted octanol–water partition coefficient (Wildman–Crippen LogP) is 3.17. The van der Waals surface area contributed by atoms with Crippen LogP contribution < -0.4 is 20.9 Å². The number of thiophene rings is 1. The first-order chi connectivity index (χ1) is 12.4. The van der Waals surface area contributed by atoms with E-state index in [-0.39, 0.29) is 11.7 Å². The summed E-state index contributed by atoms with van der Waals surface area (Å²) in [5.41, 5.74) is 4.70. The van der Waals surface area contributed by atoms with E-state index in [1.54, 1.807) is 18.2 Å². The maximum atomic E-state index is 11.7. The minimum absolute atomic E-state index is 0.0521. The molecular weight excluding hydrogens is 417 g/mol. The summed E-state index contributed by atoms with van der Waals surface area (Å²) in [7, 11) is 0. The molecule has 0 aliphatic rings. The Bertz CT molecular complexity index is 826. The van der Waals surface area contributed by atoms with E-state index < -0.39 is 11.8 Å². The Balaban J connectivity index is 1.69. The number of nitrogens with one attached hydrogen (secondary N) is 3. The molecule has 1 heterocycles. The number of amides is 2. The molecule has 1 aromatic carbocycles. The SMILES string of the molecule is O=C(C=Cc1cccs1)NC(=S)NNC(=O)COc1ccc(Cl)cc1Cl. The standard InChI is InChI=1S/C16H13Cl2N3O3S2/c17-10-3-5-13(12(18)8-10)24-9-15(23)20-21-16(25)19-14(22)6-4-11-2-1-7-26-11/h1-8H,9H2,(H,20,23)(H2,19,21,22,25). The zero-order chi connectivity index (χ0) is 18.9. The average molecular weight is 430 g/mol. The van der Waals surface area contributed by atoms with Crippen LogP contribution in [-0.2, 0) is 9.59 Å². The number of hydrogen-bond acceptors (Lipinski definition) is 5. The van der Waals surface area contributed by atoms with Crippen molar-refractivity contribution in [3.63, 3.8) is 0 Å². The van der Waals surface area contributed by atoms with Crippen LogP contribution in [0, 0.1) is 0 Å². The second-order valence-corrected chi connectivity index (χ2v) is 6.93. The molecule has 0 radical (unpaired) electrons. The van der Waals surface area contributed by atoms with E-state index in [9.17, 15) is 9.59 Å². The molecule has 0 aliphatic heterocycles. The highest BCUT2D eigenvalue weighted by Gasteiger charge is 2.07. The lowest BCUT2D eigenvalue weighted by molar-refractivity contribution is -0.123. The second-order valence-electron chi connectivity index (χ2n) is 4.70. The van der Waals surface area contributed by atoms with Crippen molar-refractivity contribution >= 4 is 69.8 Å². The smallest absolute Gasteiger partial charge is 0.276 e. The van der Waals surface area contributed by atoms with Crippen LogP contribution in [0.15, 0.2) is 41.8 Å². The van der Waals surface area contributed by atoms with Gasteiger partial charge in [0.25, 0.3) is 5.91 Å². The number of hydrogen-bond donors (Lipinski definition) is 3. The first kappa shape index (κ1) is 20.2. The Morgan fingerprint density at radius 3 is 2.73 bits per heavy atom. The molecule has 26 heavy (non-hydrogen) atoms. The third-order valence-electron chi connectivity index (χ3n) is 2.75. The van der Waals surface area contributed by atoms with Crippen molar-refractivity contribution < 1.29 is 14.3 Å². The quantitative estimate of drug-likeness (QED) is 0.386. The minimum atomic E-state index is -0.512. The summed E-state index contributed by atoms with van der Waals surface area (Å²) in [6.45, 7) is -0.302.